The van der Waals surface area contributed by atoms with Gasteiger partial charge in [0.1, 0.15) is 27.8 Å². The van der Waals surface area contributed by atoms with Crippen LogP contribution in [0.2, 0.25) is 10.3 Å². The highest BCUT2D eigenvalue weighted by atomic mass is 35.5. The third-order valence-electron chi connectivity index (χ3n) is 7.03. The summed E-state index contributed by atoms with van der Waals surface area (Å²) in [5.74, 6) is -3.82. The fraction of sp³-hybridized carbons (Fsp3) is 0.308. The van der Waals surface area contributed by atoms with E-state index in [0.717, 1.165) is 37.8 Å². The summed E-state index contributed by atoms with van der Waals surface area (Å²) in [4.78, 5) is 34.5. The Morgan fingerprint density at radius 2 is 1.12 bits per heavy atom. The molecule has 0 aliphatic carbocycles. The largest absolute Gasteiger partial charge is 0.305 e. The molecule has 0 saturated heterocycles. The van der Waals surface area contributed by atoms with E-state index in [0.29, 0.717) is 38.3 Å². The first-order valence-corrected chi connectivity index (χ1v) is 13.3. The zero-order valence-electron chi connectivity index (χ0n) is 21.2. The molecule has 0 saturated carbocycles. The number of nitro benzene ring substituents is 1. The molecular formula is C26H21Cl2F4N5O4. The molecule has 0 amide bonds. The van der Waals surface area contributed by atoms with Gasteiger partial charge in [0.2, 0.25) is 5.82 Å². The zero-order chi connectivity index (χ0) is 29.6. The van der Waals surface area contributed by atoms with Crippen molar-refractivity contribution in [2.75, 3.05) is 0 Å². The van der Waals surface area contributed by atoms with Gasteiger partial charge < -0.3 is 0 Å². The van der Waals surface area contributed by atoms with E-state index in [1.54, 1.807) is 4.68 Å². The van der Waals surface area contributed by atoms with E-state index in [1.165, 1.54) is 20.1 Å². The normalized spacial score (nSPS) is 14.2. The average molecular weight is 614 g/mol. The maximum absolute atomic E-state index is 14.0. The highest BCUT2D eigenvalue weighted by Gasteiger charge is 2.28. The molecule has 2 aromatic carbocycles. The predicted molar refractivity (Wildman–Crippen MR) is 143 cm³/mol. The number of benzene rings is 2. The molecule has 2 aromatic heterocycles. The molecule has 0 fully saturated rings. The second-order valence-corrected chi connectivity index (χ2v) is 10.2. The van der Waals surface area contributed by atoms with Gasteiger partial charge in [0, 0.05) is 55.5 Å². The standard InChI is InChI=1S/C13H10ClF2N3O3.C13H11ClF2N2O/c14-12-11(13(20)18-4-2-1-3-17(12)18)7-5-10(19(21)22)9(16)6-8(7)15;14-12-11(9-4-3-8(15)7-10(9)16)13(19)18-6-2-1-5-17(12)18/h5-6H,1-4H2;3-4,7H,1-2,5-6H2. The van der Waals surface area contributed by atoms with E-state index in [4.69, 9.17) is 23.2 Å². The Hall–Kier alpha value is -3.84. The maximum Gasteiger partial charge on any atom is 0.305 e. The molecule has 0 spiro atoms. The molecule has 15 heteroatoms. The molecule has 2 aliphatic heterocycles. The predicted octanol–water partition coefficient (Wildman–Crippen LogP) is 5.99. The van der Waals surface area contributed by atoms with E-state index >= 15 is 0 Å². The minimum atomic E-state index is -1.30. The molecule has 4 heterocycles. The summed E-state index contributed by atoms with van der Waals surface area (Å²) in [6.07, 6.45) is 3.43. The van der Waals surface area contributed by atoms with Crippen LogP contribution in [0.4, 0.5) is 23.2 Å². The van der Waals surface area contributed by atoms with Crippen molar-refractivity contribution in [2.24, 2.45) is 0 Å². The third kappa shape index (κ3) is 5.08. The summed E-state index contributed by atoms with van der Waals surface area (Å²) in [5.41, 5.74) is -2.14. The number of aromatic nitrogens is 4. The summed E-state index contributed by atoms with van der Waals surface area (Å²) in [6, 6.07) is 4.23. The molecule has 9 nitrogen and oxygen atoms in total. The minimum Gasteiger partial charge on any atom is -0.271 e. The number of nitrogens with zero attached hydrogens (tertiary/aromatic N) is 5. The van der Waals surface area contributed by atoms with Gasteiger partial charge in [-0.1, -0.05) is 23.2 Å². The molecule has 216 valence electrons. The lowest BCUT2D eigenvalue weighted by atomic mass is 10.1. The van der Waals surface area contributed by atoms with Crippen molar-refractivity contribution in [2.45, 2.75) is 51.9 Å². The number of halogens is 6. The van der Waals surface area contributed by atoms with Crippen molar-refractivity contribution in [3.63, 3.8) is 0 Å². The van der Waals surface area contributed by atoms with Crippen molar-refractivity contribution in [3.8, 4) is 22.3 Å². The van der Waals surface area contributed by atoms with Crippen LogP contribution < -0.4 is 11.1 Å². The number of hydrogen-bond acceptors (Lipinski definition) is 4. The molecule has 0 atom stereocenters. The van der Waals surface area contributed by atoms with Crippen LogP contribution >= 0.6 is 23.2 Å². The van der Waals surface area contributed by atoms with Crippen LogP contribution in [0.15, 0.2) is 39.9 Å². The van der Waals surface area contributed by atoms with E-state index in [2.05, 4.69) is 0 Å². The number of nitro groups is 1. The quantitative estimate of drug-likeness (QED) is 0.161. The molecule has 0 N–H and O–H groups in total. The van der Waals surface area contributed by atoms with Gasteiger partial charge >= 0.3 is 5.69 Å². The van der Waals surface area contributed by atoms with Gasteiger partial charge in [-0.15, -0.1) is 0 Å². The van der Waals surface area contributed by atoms with Crippen LogP contribution in [0.1, 0.15) is 25.7 Å². The van der Waals surface area contributed by atoms with Crippen LogP contribution in [-0.2, 0) is 26.2 Å². The first-order chi connectivity index (χ1) is 19.5. The monoisotopic (exact) mass is 613 g/mol. The van der Waals surface area contributed by atoms with Gasteiger partial charge in [0.15, 0.2) is 0 Å². The van der Waals surface area contributed by atoms with E-state index < -0.39 is 39.4 Å². The maximum atomic E-state index is 14.0. The molecule has 0 bridgehead atoms. The van der Waals surface area contributed by atoms with Crippen molar-refractivity contribution < 1.29 is 22.5 Å². The first-order valence-electron chi connectivity index (χ1n) is 12.6. The van der Waals surface area contributed by atoms with Crippen molar-refractivity contribution in [3.05, 3.63) is 94.7 Å². The number of hydrogen-bond donors (Lipinski definition) is 0. The molecule has 4 aromatic rings. The lowest BCUT2D eigenvalue weighted by Crippen LogP contribution is -2.27. The summed E-state index contributed by atoms with van der Waals surface area (Å²) < 4.78 is 60.2. The summed E-state index contributed by atoms with van der Waals surface area (Å²) in [7, 11) is 0. The van der Waals surface area contributed by atoms with Crippen molar-refractivity contribution >= 4 is 28.9 Å². The highest BCUT2D eigenvalue weighted by Crippen LogP contribution is 2.33. The fourth-order valence-corrected chi connectivity index (χ4v) is 5.78. The highest BCUT2D eigenvalue weighted by molar-refractivity contribution is 6.32. The first kappa shape index (κ1) is 28.7. The molecule has 6 rings (SSSR count). The summed E-state index contributed by atoms with van der Waals surface area (Å²) in [6.45, 7) is 2.14. The van der Waals surface area contributed by atoms with Gasteiger partial charge in [-0.25, -0.2) is 22.5 Å². The molecule has 41 heavy (non-hydrogen) atoms. The van der Waals surface area contributed by atoms with E-state index in [1.807, 2.05) is 0 Å². The van der Waals surface area contributed by atoms with E-state index in [9.17, 15) is 37.3 Å². The second kappa shape index (κ2) is 11.2. The Kier molecular flexibility index (Phi) is 7.84. The van der Waals surface area contributed by atoms with Crippen LogP contribution in [0.3, 0.4) is 0 Å². The Balaban J connectivity index is 0.000000166. The summed E-state index contributed by atoms with van der Waals surface area (Å²) in [5, 5.41) is 11.0. The molecule has 2 aliphatic rings. The molecule has 0 radical (unpaired) electrons. The minimum absolute atomic E-state index is 0.00417. The van der Waals surface area contributed by atoms with Gasteiger partial charge in [0.25, 0.3) is 11.1 Å². The number of rotatable bonds is 3. The van der Waals surface area contributed by atoms with Crippen LogP contribution in [0.5, 0.6) is 0 Å². The zero-order valence-corrected chi connectivity index (χ0v) is 22.7. The summed E-state index contributed by atoms with van der Waals surface area (Å²) >= 11 is 12.3. The Bertz CT molecular complexity index is 1810. The van der Waals surface area contributed by atoms with Gasteiger partial charge in [-0.2, -0.15) is 4.39 Å². The van der Waals surface area contributed by atoms with Crippen LogP contribution in [0, 0.1) is 33.4 Å². The third-order valence-corrected chi connectivity index (χ3v) is 7.80. The number of fused-ring (bicyclic) bond motifs is 2. The Morgan fingerprint density at radius 1 is 0.659 bits per heavy atom. The van der Waals surface area contributed by atoms with Crippen molar-refractivity contribution in [1.29, 1.82) is 0 Å². The Morgan fingerprint density at radius 3 is 1.59 bits per heavy atom. The Labute approximate surface area is 238 Å². The van der Waals surface area contributed by atoms with Gasteiger partial charge in [-0.05, 0) is 37.8 Å². The lowest BCUT2D eigenvalue weighted by Gasteiger charge is -2.17. The smallest absolute Gasteiger partial charge is 0.271 e. The van der Waals surface area contributed by atoms with E-state index in [-0.39, 0.29) is 38.1 Å². The van der Waals surface area contributed by atoms with Gasteiger partial charge in [0.05, 0.1) is 16.1 Å². The fourth-order valence-electron chi connectivity index (χ4n) is 5.07. The van der Waals surface area contributed by atoms with Crippen LogP contribution in [-0.4, -0.2) is 23.7 Å². The lowest BCUT2D eigenvalue weighted by molar-refractivity contribution is -0.387. The molecular weight excluding hydrogens is 593 g/mol. The van der Waals surface area contributed by atoms with Gasteiger partial charge in [-0.3, -0.25) is 29.1 Å². The second-order valence-electron chi connectivity index (χ2n) is 9.51. The van der Waals surface area contributed by atoms with Crippen molar-refractivity contribution in [1.82, 2.24) is 18.7 Å². The SMILES string of the molecule is O=c1c(-c2cc([N+](=O)[O-])c(F)cc2F)c(Cl)n2n1CCCC2.O=c1c(-c2ccc(F)cc2F)c(Cl)n2n1CCCC2. The molecule has 0 unspecified atom stereocenters. The topological polar surface area (TPSA) is 97.0 Å². The van der Waals surface area contributed by atoms with Crippen LogP contribution in [0.25, 0.3) is 22.3 Å². The average Bonchev–Trinajstić information content (AvgIpc) is 3.34.